The van der Waals surface area contributed by atoms with Gasteiger partial charge in [0.1, 0.15) is 3.26 Å². The summed E-state index contributed by atoms with van der Waals surface area (Å²) in [7, 11) is -2.92. The van der Waals surface area contributed by atoms with E-state index >= 15 is 0 Å². The predicted molar refractivity (Wildman–Crippen MR) is 41.6 cm³/mol. The van der Waals surface area contributed by atoms with Crippen molar-refractivity contribution < 1.29 is 8.76 Å². The van der Waals surface area contributed by atoms with E-state index in [0.717, 1.165) is 0 Å². The number of alkyl halides is 1. The highest BCUT2D eigenvalue weighted by molar-refractivity contribution is 14.1. The second-order valence-corrected chi connectivity index (χ2v) is 6.94. The summed E-state index contributed by atoms with van der Waals surface area (Å²) in [6, 6.07) is 0. The van der Waals surface area contributed by atoms with Gasteiger partial charge in [-0.15, -0.1) is 0 Å². The maximum Gasteiger partial charge on any atom is 0.153 e. The van der Waals surface area contributed by atoms with Gasteiger partial charge in [0.05, 0.1) is 0 Å². The van der Waals surface area contributed by atoms with Gasteiger partial charge in [-0.3, -0.25) is 0 Å². The standard InChI is InChI=1S/C2H5IO2S2/c1-2(3)7(4,5)6/h2H,1H3,(H,4,5,6). The van der Waals surface area contributed by atoms with E-state index < -0.39 is 8.77 Å². The quantitative estimate of drug-likeness (QED) is 0.558. The van der Waals surface area contributed by atoms with Crippen molar-refractivity contribution in [3.05, 3.63) is 0 Å². The second kappa shape index (κ2) is 2.56. The van der Waals surface area contributed by atoms with Crippen LogP contribution in [-0.2, 0) is 20.0 Å². The molecule has 1 N–H and O–H groups in total. The molecular formula is C2H5IO2S2. The van der Waals surface area contributed by atoms with Gasteiger partial charge in [-0.1, -0.05) is 22.6 Å². The van der Waals surface area contributed by atoms with Crippen LogP contribution in [-0.4, -0.2) is 12.0 Å². The first-order valence-electron chi connectivity index (χ1n) is 1.55. The van der Waals surface area contributed by atoms with Gasteiger partial charge in [0, 0.05) is 11.2 Å². The summed E-state index contributed by atoms with van der Waals surface area (Å²) >= 11 is 6.00. The van der Waals surface area contributed by atoms with Gasteiger partial charge in [0.2, 0.25) is 0 Å². The molecule has 0 radical (unpaired) electrons. The largest absolute Gasteiger partial charge is 0.305 e. The minimum atomic E-state index is -2.92. The van der Waals surface area contributed by atoms with E-state index in [1.54, 1.807) is 6.92 Å². The lowest BCUT2D eigenvalue weighted by Gasteiger charge is -1.96. The van der Waals surface area contributed by atoms with E-state index in [4.69, 9.17) is 4.55 Å². The smallest absolute Gasteiger partial charge is 0.153 e. The minimum absolute atomic E-state index is 0.333. The Kier molecular flexibility index (Phi) is 2.95. The molecule has 2 atom stereocenters. The van der Waals surface area contributed by atoms with Crippen molar-refractivity contribution >= 4 is 42.6 Å². The third-order valence-electron chi connectivity index (χ3n) is 0.410. The van der Waals surface area contributed by atoms with E-state index in [1.807, 2.05) is 22.6 Å². The summed E-state index contributed by atoms with van der Waals surface area (Å²) < 4.78 is 18.3. The van der Waals surface area contributed by atoms with Crippen LogP contribution < -0.4 is 0 Å². The maximum atomic E-state index is 10.2. The minimum Gasteiger partial charge on any atom is -0.305 e. The Morgan fingerprint density at radius 1 is 2.00 bits per heavy atom. The van der Waals surface area contributed by atoms with Crippen LogP contribution in [0.2, 0.25) is 0 Å². The van der Waals surface area contributed by atoms with Gasteiger partial charge < -0.3 is 4.55 Å². The van der Waals surface area contributed by atoms with Crippen molar-refractivity contribution in [2.24, 2.45) is 0 Å². The SMILES string of the molecule is CC(I)S(=O)(O)=S. The Hall–Kier alpha value is 1.06. The summed E-state index contributed by atoms with van der Waals surface area (Å²) in [6.45, 7) is 1.61. The molecule has 0 aliphatic rings. The van der Waals surface area contributed by atoms with Crippen LogP contribution in [0.4, 0.5) is 0 Å². The zero-order valence-corrected chi connectivity index (χ0v) is 7.42. The molecule has 7 heavy (non-hydrogen) atoms. The third kappa shape index (κ3) is 3.63. The van der Waals surface area contributed by atoms with Crippen LogP contribution in [0.25, 0.3) is 0 Å². The molecule has 0 aromatic carbocycles. The van der Waals surface area contributed by atoms with E-state index in [9.17, 15) is 4.21 Å². The Bertz CT molecular complexity index is 136. The predicted octanol–water partition coefficient (Wildman–Crippen LogP) is 0.987. The van der Waals surface area contributed by atoms with Crippen molar-refractivity contribution in [2.75, 3.05) is 0 Å². The zero-order valence-electron chi connectivity index (χ0n) is 3.63. The topological polar surface area (TPSA) is 37.3 Å². The lowest BCUT2D eigenvalue weighted by molar-refractivity contribution is 0.561. The molecule has 0 fully saturated rings. The van der Waals surface area contributed by atoms with Gasteiger partial charge in [-0.05, 0) is 6.92 Å². The Morgan fingerprint density at radius 2 is 2.14 bits per heavy atom. The van der Waals surface area contributed by atoms with Crippen LogP contribution in [0.1, 0.15) is 6.92 Å². The lowest BCUT2D eigenvalue weighted by Crippen LogP contribution is -2.05. The van der Waals surface area contributed by atoms with Crippen molar-refractivity contribution in [3.63, 3.8) is 0 Å². The van der Waals surface area contributed by atoms with Crippen LogP contribution in [0.5, 0.6) is 0 Å². The highest BCUT2D eigenvalue weighted by Crippen LogP contribution is 2.05. The molecule has 2 nitrogen and oxygen atoms in total. The van der Waals surface area contributed by atoms with Crippen LogP contribution in [0.15, 0.2) is 0 Å². The normalized spacial score (nSPS) is 23.3. The van der Waals surface area contributed by atoms with Crippen LogP contribution in [0.3, 0.4) is 0 Å². The molecule has 0 amide bonds. The fourth-order valence-electron chi connectivity index (χ4n) is 0. The van der Waals surface area contributed by atoms with Crippen LogP contribution >= 0.6 is 22.6 Å². The average Bonchev–Trinajstić information content (AvgIpc) is 1.31. The van der Waals surface area contributed by atoms with Crippen molar-refractivity contribution in [1.82, 2.24) is 0 Å². The number of hydrogen-bond acceptors (Lipinski definition) is 2. The average molecular weight is 252 g/mol. The van der Waals surface area contributed by atoms with E-state index in [2.05, 4.69) is 11.2 Å². The molecule has 0 spiro atoms. The van der Waals surface area contributed by atoms with Crippen LogP contribution in [0, 0.1) is 0 Å². The molecule has 0 saturated carbocycles. The Balaban J connectivity index is 4.10. The van der Waals surface area contributed by atoms with Gasteiger partial charge >= 0.3 is 0 Å². The molecule has 0 aliphatic carbocycles. The first kappa shape index (κ1) is 8.06. The Morgan fingerprint density at radius 3 is 2.14 bits per heavy atom. The van der Waals surface area contributed by atoms with Gasteiger partial charge in [0.25, 0.3) is 0 Å². The summed E-state index contributed by atoms with van der Waals surface area (Å²) in [5.41, 5.74) is 0. The second-order valence-electron chi connectivity index (χ2n) is 1.06. The molecule has 5 heteroatoms. The first-order valence-corrected chi connectivity index (χ1v) is 5.30. The fraction of sp³-hybridized carbons (Fsp3) is 1.00. The molecule has 44 valence electrons. The van der Waals surface area contributed by atoms with Crippen molar-refractivity contribution in [2.45, 2.75) is 10.2 Å². The molecule has 0 saturated heterocycles. The zero-order chi connectivity index (χ0) is 6.08. The fourth-order valence-corrected chi connectivity index (χ4v) is 0. The van der Waals surface area contributed by atoms with Gasteiger partial charge in [-0.2, -0.15) is 0 Å². The van der Waals surface area contributed by atoms with Crippen molar-refractivity contribution in [3.8, 4) is 0 Å². The molecule has 0 rings (SSSR count). The molecule has 0 aromatic rings. The highest BCUT2D eigenvalue weighted by atomic mass is 127. The molecule has 0 bridgehead atoms. The molecule has 0 heterocycles. The maximum absolute atomic E-state index is 10.2. The lowest BCUT2D eigenvalue weighted by atomic mass is 11.0. The molecular weight excluding hydrogens is 247 g/mol. The number of rotatable bonds is 1. The summed E-state index contributed by atoms with van der Waals surface area (Å²) in [5.74, 6) is 0. The summed E-state index contributed by atoms with van der Waals surface area (Å²) in [6.07, 6.45) is 0. The number of hydrogen-bond donors (Lipinski definition) is 1. The highest BCUT2D eigenvalue weighted by Gasteiger charge is 2.05. The number of halogens is 1. The molecule has 0 aromatic heterocycles. The molecule has 2 unspecified atom stereocenters. The monoisotopic (exact) mass is 252 g/mol. The first-order chi connectivity index (χ1) is 2.94. The van der Waals surface area contributed by atoms with E-state index in [1.165, 1.54) is 0 Å². The van der Waals surface area contributed by atoms with Gasteiger partial charge in [-0.25, -0.2) is 4.21 Å². The van der Waals surface area contributed by atoms with E-state index in [-0.39, 0.29) is 3.26 Å². The Labute approximate surface area is 61.3 Å². The summed E-state index contributed by atoms with van der Waals surface area (Å²) in [4.78, 5) is 0. The van der Waals surface area contributed by atoms with Gasteiger partial charge in [0.15, 0.2) is 8.77 Å². The third-order valence-corrected chi connectivity index (χ3v) is 5.20. The van der Waals surface area contributed by atoms with E-state index in [0.29, 0.717) is 0 Å². The molecule has 0 aliphatic heterocycles. The van der Waals surface area contributed by atoms with Crippen molar-refractivity contribution in [1.29, 1.82) is 0 Å². The summed E-state index contributed by atoms with van der Waals surface area (Å²) in [5, 5.41) is 0.